The van der Waals surface area contributed by atoms with Crippen molar-refractivity contribution in [1.29, 1.82) is 0 Å². The smallest absolute Gasteiger partial charge is 0.346 e. The largest absolute Gasteiger partial charge is 0.377 e. The lowest BCUT2D eigenvalue weighted by molar-refractivity contribution is 0.0315. The van der Waals surface area contributed by atoms with Gasteiger partial charge in [-0.15, -0.1) is 5.10 Å². The number of amides is 1. The van der Waals surface area contributed by atoms with E-state index in [0.717, 1.165) is 25.2 Å². The van der Waals surface area contributed by atoms with Gasteiger partial charge in [0.25, 0.3) is 0 Å². The quantitative estimate of drug-likeness (QED) is 0.799. The molecule has 1 unspecified atom stereocenters. The Morgan fingerprint density at radius 1 is 1.41 bits per heavy atom. The topological polar surface area (TPSA) is 60.2 Å². The van der Waals surface area contributed by atoms with Gasteiger partial charge in [-0.1, -0.05) is 32.5 Å². The van der Waals surface area contributed by atoms with E-state index < -0.39 is 0 Å². The van der Waals surface area contributed by atoms with Gasteiger partial charge in [0, 0.05) is 31.9 Å². The molecule has 1 atom stereocenters. The predicted molar refractivity (Wildman–Crippen MR) is 87.5 cm³/mol. The first-order chi connectivity index (χ1) is 10.3. The molecule has 0 spiro atoms. The second-order valence-corrected chi connectivity index (χ2v) is 7.84. The van der Waals surface area contributed by atoms with Gasteiger partial charge in [0.1, 0.15) is 0 Å². The first-order valence-electron chi connectivity index (χ1n) is 7.72. The fourth-order valence-corrected chi connectivity index (χ4v) is 3.12. The second-order valence-electron chi connectivity index (χ2n) is 6.86. The molecule has 1 aliphatic rings. The molecule has 1 fully saturated rings. The number of hydrogen-bond acceptors (Lipinski definition) is 5. The number of carbonyl (C=O) groups excluding carboxylic acids is 1. The first kappa shape index (κ1) is 17.3. The van der Waals surface area contributed by atoms with Crippen LogP contribution in [0.4, 0.5) is 4.79 Å². The second kappa shape index (κ2) is 7.00. The lowest BCUT2D eigenvalue weighted by atomic mass is 9.96. The minimum Gasteiger partial charge on any atom is -0.377 e. The van der Waals surface area contributed by atoms with Crippen LogP contribution in [0.5, 0.6) is 0 Å². The van der Waals surface area contributed by atoms with Gasteiger partial charge in [-0.25, -0.2) is 9.78 Å². The average molecular weight is 326 g/mol. The Bertz CT molecular complexity index is 516. The van der Waals surface area contributed by atoms with Crippen LogP contribution in [0.2, 0.25) is 0 Å². The van der Waals surface area contributed by atoms with Crippen molar-refractivity contribution in [2.24, 2.45) is 0 Å². The molecule has 7 heteroatoms. The monoisotopic (exact) mass is 326 g/mol. The summed E-state index contributed by atoms with van der Waals surface area (Å²) in [6.07, 6.45) is 3.68. The SMILES string of the molecule is CN(C)C(=O)n1nc(C(C)(C)C)nc1SCC1CCCCO1. The third-order valence-electron chi connectivity index (χ3n) is 3.48. The summed E-state index contributed by atoms with van der Waals surface area (Å²) in [5.74, 6) is 1.50. The Hall–Kier alpha value is -1.08. The Morgan fingerprint density at radius 3 is 2.68 bits per heavy atom. The minimum atomic E-state index is -0.186. The number of ether oxygens (including phenoxy) is 1. The highest BCUT2D eigenvalue weighted by molar-refractivity contribution is 7.99. The van der Waals surface area contributed by atoms with Gasteiger partial charge < -0.3 is 9.64 Å². The predicted octanol–water partition coefficient (Wildman–Crippen LogP) is 2.77. The van der Waals surface area contributed by atoms with Crippen molar-refractivity contribution in [2.45, 2.75) is 56.7 Å². The molecule has 1 aromatic rings. The van der Waals surface area contributed by atoms with Crippen molar-refractivity contribution < 1.29 is 9.53 Å². The molecule has 0 aliphatic carbocycles. The van der Waals surface area contributed by atoms with Crippen LogP contribution >= 0.6 is 11.8 Å². The van der Waals surface area contributed by atoms with Crippen LogP contribution in [0.25, 0.3) is 0 Å². The minimum absolute atomic E-state index is 0.171. The normalized spacial score (nSPS) is 19.2. The van der Waals surface area contributed by atoms with E-state index in [1.807, 2.05) is 20.8 Å². The summed E-state index contributed by atoms with van der Waals surface area (Å²) in [7, 11) is 3.44. The molecule has 2 rings (SSSR count). The fraction of sp³-hybridized carbons (Fsp3) is 0.800. The molecule has 1 aliphatic heterocycles. The maximum atomic E-state index is 12.3. The molecule has 6 nitrogen and oxygen atoms in total. The zero-order chi connectivity index (χ0) is 16.3. The maximum absolute atomic E-state index is 12.3. The van der Waals surface area contributed by atoms with Crippen LogP contribution in [0.1, 0.15) is 45.9 Å². The molecular formula is C15H26N4O2S. The average Bonchev–Trinajstić information content (AvgIpc) is 2.89. The summed E-state index contributed by atoms with van der Waals surface area (Å²) in [6.45, 7) is 6.98. The molecule has 0 N–H and O–H groups in total. The molecule has 1 amide bonds. The Morgan fingerprint density at radius 2 is 2.14 bits per heavy atom. The van der Waals surface area contributed by atoms with Crippen molar-refractivity contribution in [1.82, 2.24) is 19.7 Å². The number of hydrogen-bond donors (Lipinski definition) is 0. The van der Waals surface area contributed by atoms with Crippen LogP contribution in [0, 0.1) is 0 Å². The molecule has 0 saturated carbocycles. The first-order valence-corrected chi connectivity index (χ1v) is 8.71. The van der Waals surface area contributed by atoms with Crippen LogP contribution < -0.4 is 0 Å². The van der Waals surface area contributed by atoms with Crippen LogP contribution in [0.3, 0.4) is 0 Å². The third kappa shape index (κ3) is 4.23. The highest BCUT2D eigenvalue weighted by Gasteiger charge is 2.26. The number of thioether (sulfide) groups is 1. The standard InChI is InChI=1S/C15H26N4O2S/c1-15(2,3)12-16-13(19(17-12)14(20)18(4)5)22-10-11-8-6-7-9-21-11/h11H,6-10H2,1-5H3. The van der Waals surface area contributed by atoms with Gasteiger partial charge in [-0.05, 0) is 19.3 Å². The number of carbonyl (C=O) groups is 1. The summed E-state index contributed by atoms with van der Waals surface area (Å²) < 4.78 is 7.16. The van der Waals surface area contributed by atoms with Gasteiger partial charge in [-0.2, -0.15) is 4.68 Å². The zero-order valence-electron chi connectivity index (χ0n) is 14.1. The van der Waals surface area contributed by atoms with E-state index in [-0.39, 0.29) is 17.6 Å². The van der Waals surface area contributed by atoms with E-state index >= 15 is 0 Å². The van der Waals surface area contributed by atoms with Crippen molar-refractivity contribution in [3.05, 3.63) is 5.82 Å². The van der Waals surface area contributed by atoms with Crippen molar-refractivity contribution in [3.63, 3.8) is 0 Å². The van der Waals surface area contributed by atoms with E-state index in [9.17, 15) is 4.79 Å². The van der Waals surface area contributed by atoms with Gasteiger partial charge in [0.2, 0.25) is 0 Å². The van der Waals surface area contributed by atoms with Crippen molar-refractivity contribution in [2.75, 3.05) is 26.5 Å². The highest BCUT2D eigenvalue weighted by Crippen LogP contribution is 2.26. The molecule has 22 heavy (non-hydrogen) atoms. The van der Waals surface area contributed by atoms with Gasteiger partial charge >= 0.3 is 6.03 Å². The number of rotatable bonds is 3. The van der Waals surface area contributed by atoms with E-state index in [4.69, 9.17) is 4.74 Å². The lowest BCUT2D eigenvalue weighted by Gasteiger charge is -2.21. The summed E-state index contributed by atoms with van der Waals surface area (Å²) in [5, 5.41) is 5.07. The van der Waals surface area contributed by atoms with Crippen LogP contribution in [0.15, 0.2) is 5.16 Å². The van der Waals surface area contributed by atoms with Gasteiger partial charge in [0.05, 0.1) is 6.10 Å². The molecule has 2 heterocycles. The molecule has 1 aromatic heterocycles. The molecule has 124 valence electrons. The van der Waals surface area contributed by atoms with Crippen molar-refractivity contribution in [3.8, 4) is 0 Å². The molecular weight excluding hydrogens is 300 g/mol. The molecule has 0 radical (unpaired) electrons. The maximum Gasteiger partial charge on any atom is 0.346 e. The number of nitrogens with zero attached hydrogens (tertiary/aromatic N) is 4. The van der Waals surface area contributed by atoms with Crippen molar-refractivity contribution >= 4 is 17.8 Å². The van der Waals surface area contributed by atoms with E-state index in [1.54, 1.807) is 25.9 Å². The Balaban J connectivity index is 2.16. The third-order valence-corrected chi connectivity index (χ3v) is 4.55. The zero-order valence-corrected chi connectivity index (χ0v) is 14.9. The lowest BCUT2D eigenvalue weighted by Crippen LogP contribution is -2.29. The Labute approximate surface area is 136 Å². The van der Waals surface area contributed by atoms with Gasteiger partial charge in [0.15, 0.2) is 11.0 Å². The van der Waals surface area contributed by atoms with E-state index in [1.165, 1.54) is 16.0 Å². The number of aromatic nitrogens is 3. The van der Waals surface area contributed by atoms with E-state index in [0.29, 0.717) is 11.0 Å². The summed E-state index contributed by atoms with van der Waals surface area (Å²) in [5.41, 5.74) is -0.186. The van der Waals surface area contributed by atoms with Crippen LogP contribution in [-0.2, 0) is 10.2 Å². The molecule has 0 bridgehead atoms. The summed E-state index contributed by atoms with van der Waals surface area (Å²) in [4.78, 5) is 18.4. The Kier molecular flexibility index (Phi) is 5.50. The highest BCUT2D eigenvalue weighted by atomic mass is 32.2. The van der Waals surface area contributed by atoms with E-state index in [2.05, 4.69) is 10.1 Å². The fourth-order valence-electron chi connectivity index (χ4n) is 2.13. The molecule has 0 aromatic carbocycles. The molecule has 1 saturated heterocycles. The van der Waals surface area contributed by atoms with Crippen LogP contribution in [-0.4, -0.2) is 58.3 Å². The summed E-state index contributed by atoms with van der Waals surface area (Å²) >= 11 is 1.55. The van der Waals surface area contributed by atoms with Gasteiger partial charge in [-0.3, -0.25) is 0 Å². The summed E-state index contributed by atoms with van der Waals surface area (Å²) in [6, 6.07) is -0.171.